The monoisotopic (exact) mass is 293 g/mol. The fourth-order valence-corrected chi connectivity index (χ4v) is 1.76. The van der Waals surface area contributed by atoms with Crippen LogP contribution in [-0.2, 0) is 9.59 Å². The Bertz CT molecular complexity index is 258. The summed E-state index contributed by atoms with van der Waals surface area (Å²) in [7, 11) is 1.83. The van der Waals surface area contributed by atoms with Gasteiger partial charge in [-0.25, -0.2) is 0 Å². The van der Waals surface area contributed by atoms with Gasteiger partial charge in [0, 0.05) is 38.5 Å². The molecule has 0 aliphatic carbocycles. The molecule has 0 fully saturated rings. The summed E-state index contributed by atoms with van der Waals surface area (Å²) in [5.41, 5.74) is 0. The third kappa shape index (κ3) is 8.83. The third-order valence-electron chi connectivity index (χ3n) is 2.94. The van der Waals surface area contributed by atoms with E-state index in [0.717, 1.165) is 13.1 Å². The first-order valence-electron chi connectivity index (χ1n) is 6.76. The smallest absolute Gasteiger partial charge is 0.224 e. The lowest BCUT2D eigenvalue weighted by atomic mass is 10.1. The standard InChI is InChI=1S/C13H27N3O2.ClH/c1-5-16(6-2)12(17)8-7-9-15-13(18)11(3)10-14-4;/h11,14H,5-10H2,1-4H3,(H,15,18);1H. The molecule has 6 heteroatoms. The van der Waals surface area contributed by atoms with Crippen LogP contribution >= 0.6 is 12.4 Å². The molecular weight excluding hydrogens is 266 g/mol. The van der Waals surface area contributed by atoms with Gasteiger partial charge in [-0.3, -0.25) is 9.59 Å². The van der Waals surface area contributed by atoms with Crippen molar-refractivity contribution in [1.82, 2.24) is 15.5 Å². The first-order valence-corrected chi connectivity index (χ1v) is 6.76. The molecular formula is C13H28ClN3O2. The molecule has 1 unspecified atom stereocenters. The molecule has 0 bridgehead atoms. The number of rotatable bonds is 9. The molecule has 0 aliphatic heterocycles. The SMILES string of the molecule is CCN(CC)C(=O)CCCNC(=O)C(C)CNC.Cl. The second-order valence-corrected chi connectivity index (χ2v) is 4.42. The molecule has 0 saturated heterocycles. The summed E-state index contributed by atoms with van der Waals surface area (Å²) >= 11 is 0. The van der Waals surface area contributed by atoms with Gasteiger partial charge in [0.1, 0.15) is 0 Å². The Morgan fingerprint density at radius 2 is 1.79 bits per heavy atom. The summed E-state index contributed by atoms with van der Waals surface area (Å²) in [6.45, 7) is 8.57. The lowest BCUT2D eigenvalue weighted by molar-refractivity contribution is -0.131. The molecule has 0 saturated carbocycles. The maximum atomic E-state index is 11.7. The van der Waals surface area contributed by atoms with Crippen molar-refractivity contribution in [1.29, 1.82) is 0 Å². The fraction of sp³-hybridized carbons (Fsp3) is 0.846. The highest BCUT2D eigenvalue weighted by molar-refractivity contribution is 5.85. The van der Waals surface area contributed by atoms with Crippen molar-refractivity contribution in [3.63, 3.8) is 0 Å². The zero-order chi connectivity index (χ0) is 14.0. The lowest BCUT2D eigenvalue weighted by Gasteiger charge is -2.18. The Balaban J connectivity index is 0. The molecule has 0 spiro atoms. The van der Waals surface area contributed by atoms with Gasteiger partial charge in [-0.2, -0.15) is 0 Å². The van der Waals surface area contributed by atoms with Gasteiger partial charge in [0.15, 0.2) is 0 Å². The van der Waals surface area contributed by atoms with Gasteiger partial charge >= 0.3 is 0 Å². The second-order valence-electron chi connectivity index (χ2n) is 4.42. The van der Waals surface area contributed by atoms with E-state index in [0.29, 0.717) is 25.9 Å². The summed E-state index contributed by atoms with van der Waals surface area (Å²) < 4.78 is 0. The van der Waals surface area contributed by atoms with E-state index in [9.17, 15) is 9.59 Å². The van der Waals surface area contributed by atoms with Crippen molar-refractivity contribution in [3.8, 4) is 0 Å². The predicted molar refractivity (Wildman–Crippen MR) is 80.5 cm³/mol. The Kier molecular flexibility index (Phi) is 13.2. The maximum Gasteiger partial charge on any atom is 0.224 e. The number of nitrogens with one attached hydrogen (secondary N) is 2. The van der Waals surface area contributed by atoms with E-state index in [1.54, 1.807) is 0 Å². The van der Waals surface area contributed by atoms with Crippen molar-refractivity contribution in [3.05, 3.63) is 0 Å². The minimum atomic E-state index is -0.0338. The van der Waals surface area contributed by atoms with Gasteiger partial charge < -0.3 is 15.5 Å². The topological polar surface area (TPSA) is 61.4 Å². The molecule has 0 rings (SSSR count). The van der Waals surface area contributed by atoms with E-state index >= 15 is 0 Å². The number of carbonyl (C=O) groups excluding carboxylic acids is 2. The summed E-state index contributed by atoms with van der Waals surface area (Å²) in [5, 5.41) is 5.81. The Hall–Kier alpha value is -0.810. The quantitative estimate of drug-likeness (QED) is 0.624. The zero-order valence-corrected chi connectivity index (χ0v) is 13.3. The molecule has 0 aromatic carbocycles. The molecule has 19 heavy (non-hydrogen) atoms. The number of nitrogens with zero attached hydrogens (tertiary/aromatic N) is 1. The molecule has 1 atom stereocenters. The van der Waals surface area contributed by atoms with E-state index < -0.39 is 0 Å². The van der Waals surface area contributed by atoms with Gasteiger partial charge in [-0.15, -0.1) is 12.4 Å². The van der Waals surface area contributed by atoms with E-state index in [1.165, 1.54) is 0 Å². The molecule has 0 aromatic rings. The highest BCUT2D eigenvalue weighted by Crippen LogP contribution is 1.98. The Labute approximate surface area is 122 Å². The molecule has 0 aliphatic rings. The number of hydrogen-bond acceptors (Lipinski definition) is 3. The highest BCUT2D eigenvalue weighted by Gasteiger charge is 2.12. The van der Waals surface area contributed by atoms with Crippen LogP contribution in [0.25, 0.3) is 0 Å². The van der Waals surface area contributed by atoms with Crippen LogP contribution < -0.4 is 10.6 Å². The fourth-order valence-electron chi connectivity index (χ4n) is 1.76. The number of carbonyl (C=O) groups is 2. The molecule has 0 heterocycles. The minimum Gasteiger partial charge on any atom is -0.356 e. The first kappa shape index (κ1) is 20.5. The number of hydrogen-bond donors (Lipinski definition) is 2. The summed E-state index contributed by atoms with van der Waals surface area (Å²) in [5.74, 6) is 0.172. The van der Waals surface area contributed by atoms with E-state index in [2.05, 4.69) is 10.6 Å². The molecule has 5 nitrogen and oxygen atoms in total. The largest absolute Gasteiger partial charge is 0.356 e. The minimum absolute atomic E-state index is 0. The summed E-state index contributed by atoms with van der Waals surface area (Å²) in [6, 6.07) is 0. The van der Waals surface area contributed by atoms with Crippen LogP contribution in [0, 0.1) is 5.92 Å². The van der Waals surface area contributed by atoms with Crippen LogP contribution in [0.4, 0.5) is 0 Å². The van der Waals surface area contributed by atoms with Crippen molar-refractivity contribution in [2.75, 3.05) is 33.2 Å². The van der Waals surface area contributed by atoms with Crippen molar-refractivity contribution < 1.29 is 9.59 Å². The molecule has 2 N–H and O–H groups in total. The maximum absolute atomic E-state index is 11.7. The van der Waals surface area contributed by atoms with Gasteiger partial charge in [0.25, 0.3) is 0 Å². The second kappa shape index (κ2) is 12.2. The predicted octanol–water partition coefficient (Wildman–Crippen LogP) is 1.03. The van der Waals surface area contributed by atoms with Crippen molar-refractivity contribution in [2.45, 2.75) is 33.6 Å². The third-order valence-corrected chi connectivity index (χ3v) is 2.94. The van der Waals surface area contributed by atoms with E-state index in [1.807, 2.05) is 32.7 Å². The number of amides is 2. The van der Waals surface area contributed by atoms with Gasteiger partial charge in [0.2, 0.25) is 11.8 Å². The van der Waals surface area contributed by atoms with Crippen molar-refractivity contribution >= 4 is 24.2 Å². The van der Waals surface area contributed by atoms with Crippen LogP contribution in [0.15, 0.2) is 0 Å². The van der Waals surface area contributed by atoms with Gasteiger partial charge in [-0.05, 0) is 27.3 Å². The Morgan fingerprint density at radius 3 is 2.26 bits per heavy atom. The summed E-state index contributed by atoms with van der Waals surface area (Å²) in [6.07, 6.45) is 1.20. The average Bonchev–Trinajstić information content (AvgIpc) is 2.36. The van der Waals surface area contributed by atoms with Crippen LogP contribution in [-0.4, -0.2) is 49.9 Å². The highest BCUT2D eigenvalue weighted by atomic mass is 35.5. The van der Waals surface area contributed by atoms with E-state index in [4.69, 9.17) is 0 Å². The summed E-state index contributed by atoms with van der Waals surface area (Å²) in [4.78, 5) is 25.1. The van der Waals surface area contributed by atoms with E-state index in [-0.39, 0.29) is 30.1 Å². The zero-order valence-electron chi connectivity index (χ0n) is 12.5. The molecule has 0 radical (unpaired) electrons. The lowest BCUT2D eigenvalue weighted by Crippen LogP contribution is -2.35. The van der Waals surface area contributed by atoms with Crippen LogP contribution in [0.2, 0.25) is 0 Å². The van der Waals surface area contributed by atoms with Crippen molar-refractivity contribution in [2.24, 2.45) is 5.92 Å². The number of halogens is 1. The van der Waals surface area contributed by atoms with Gasteiger partial charge in [-0.1, -0.05) is 6.92 Å². The van der Waals surface area contributed by atoms with Crippen LogP contribution in [0.5, 0.6) is 0 Å². The average molecular weight is 294 g/mol. The molecule has 2 amide bonds. The molecule has 114 valence electrons. The first-order chi connectivity index (χ1) is 8.56. The van der Waals surface area contributed by atoms with Crippen LogP contribution in [0.1, 0.15) is 33.6 Å². The Morgan fingerprint density at radius 1 is 1.21 bits per heavy atom. The normalized spacial score (nSPS) is 11.4. The van der Waals surface area contributed by atoms with Crippen LogP contribution in [0.3, 0.4) is 0 Å². The molecule has 0 aromatic heterocycles. The van der Waals surface area contributed by atoms with Gasteiger partial charge in [0.05, 0.1) is 0 Å².